The number of nitrogens with one attached hydrogen (secondary N) is 1. The van der Waals surface area contributed by atoms with Gasteiger partial charge in [0.15, 0.2) is 0 Å². The number of carbonyl (C=O) groups is 2. The normalized spacial score (nSPS) is 13.8. The number of hydrogen-bond acceptors (Lipinski definition) is 4. The number of para-hydroxylation sites is 1. The molecule has 0 radical (unpaired) electrons. The van der Waals surface area contributed by atoms with Crippen molar-refractivity contribution >= 4 is 35.1 Å². The molecule has 1 aromatic heterocycles. The van der Waals surface area contributed by atoms with Crippen LogP contribution in [0.4, 0.5) is 11.5 Å². The van der Waals surface area contributed by atoms with Crippen molar-refractivity contribution in [3.8, 4) is 0 Å². The largest absolute Gasteiger partial charge is 0.309 e. The number of anilines is 2. The minimum absolute atomic E-state index is 0.0259. The van der Waals surface area contributed by atoms with Gasteiger partial charge in [0.2, 0.25) is 11.8 Å². The molecule has 6 nitrogen and oxygen atoms in total. The Labute approximate surface area is 186 Å². The van der Waals surface area contributed by atoms with Gasteiger partial charge in [0.25, 0.3) is 0 Å². The number of aromatic nitrogens is 2. The lowest BCUT2D eigenvalue weighted by Crippen LogP contribution is -2.41. The third-order valence-electron chi connectivity index (χ3n) is 5.25. The molecule has 3 aromatic rings. The van der Waals surface area contributed by atoms with Gasteiger partial charge in [-0.15, -0.1) is 11.8 Å². The Balaban J connectivity index is 1.44. The van der Waals surface area contributed by atoms with Gasteiger partial charge in [-0.1, -0.05) is 57.2 Å². The summed E-state index contributed by atoms with van der Waals surface area (Å²) in [5.74, 6) is 0.635. The molecule has 0 fully saturated rings. The summed E-state index contributed by atoms with van der Waals surface area (Å²) in [7, 11) is 0. The molecule has 31 heavy (non-hydrogen) atoms. The van der Waals surface area contributed by atoms with E-state index < -0.39 is 0 Å². The third kappa shape index (κ3) is 4.82. The number of carbonyl (C=O) groups excluding carboxylic acids is 2. The Morgan fingerprint density at radius 2 is 1.84 bits per heavy atom. The third-order valence-corrected chi connectivity index (χ3v) is 6.29. The average Bonchev–Trinajstić information content (AvgIpc) is 3.16. The minimum atomic E-state index is -0.250. The summed E-state index contributed by atoms with van der Waals surface area (Å²) >= 11 is 1.50. The maximum absolute atomic E-state index is 12.7. The van der Waals surface area contributed by atoms with Crippen molar-refractivity contribution in [3.05, 3.63) is 71.9 Å². The lowest BCUT2D eigenvalue weighted by molar-refractivity contribution is -0.120. The van der Waals surface area contributed by atoms with E-state index in [9.17, 15) is 9.59 Å². The van der Waals surface area contributed by atoms with E-state index in [4.69, 9.17) is 0 Å². The van der Waals surface area contributed by atoms with E-state index in [1.165, 1.54) is 17.3 Å². The standard InChI is InChI=1S/C24H26N4O2S/c1-24(2,3)18-10-8-17(9-11-18)14-28-21(12-13-25-28)26-22(29)15-27-19-6-4-5-7-20(19)31-16-23(27)30/h4-13H,14-16H2,1-3H3,(H,26,29). The molecule has 2 heterocycles. The van der Waals surface area contributed by atoms with E-state index >= 15 is 0 Å². The van der Waals surface area contributed by atoms with Crippen LogP contribution in [0.5, 0.6) is 0 Å². The molecule has 0 bridgehead atoms. The van der Waals surface area contributed by atoms with Crippen LogP contribution < -0.4 is 10.2 Å². The number of fused-ring (bicyclic) bond motifs is 1. The van der Waals surface area contributed by atoms with Gasteiger partial charge in [0.05, 0.1) is 24.2 Å². The number of rotatable bonds is 5. The fourth-order valence-corrected chi connectivity index (χ4v) is 4.44. The molecule has 2 amide bonds. The molecule has 0 saturated heterocycles. The fraction of sp³-hybridized carbons (Fsp3) is 0.292. The first-order chi connectivity index (χ1) is 14.8. The van der Waals surface area contributed by atoms with Gasteiger partial charge in [-0.2, -0.15) is 5.10 Å². The summed E-state index contributed by atoms with van der Waals surface area (Å²) in [4.78, 5) is 27.7. The van der Waals surface area contributed by atoms with Crippen LogP contribution in [0.15, 0.2) is 65.7 Å². The van der Waals surface area contributed by atoms with Crippen LogP contribution in [-0.2, 0) is 21.5 Å². The predicted octanol–water partition coefficient (Wildman–Crippen LogP) is 4.31. The van der Waals surface area contributed by atoms with Gasteiger partial charge in [-0.3, -0.25) is 9.59 Å². The second-order valence-corrected chi connectivity index (χ2v) is 9.62. The van der Waals surface area contributed by atoms with E-state index in [-0.39, 0.29) is 23.8 Å². The van der Waals surface area contributed by atoms with Crippen molar-refractivity contribution in [1.29, 1.82) is 0 Å². The minimum Gasteiger partial charge on any atom is -0.309 e. The highest BCUT2D eigenvalue weighted by Gasteiger charge is 2.26. The molecule has 2 aromatic carbocycles. The summed E-state index contributed by atoms with van der Waals surface area (Å²) < 4.78 is 1.76. The molecule has 160 valence electrons. The van der Waals surface area contributed by atoms with Crippen molar-refractivity contribution in [3.63, 3.8) is 0 Å². The number of amides is 2. The summed E-state index contributed by atoms with van der Waals surface area (Å²) in [6.07, 6.45) is 1.66. The maximum atomic E-state index is 12.7. The molecular weight excluding hydrogens is 408 g/mol. The van der Waals surface area contributed by atoms with E-state index in [1.54, 1.807) is 21.8 Å². The molecule has 0 unspecified atom stereocenters. The van der Waals surface area contributed by atoms with Gasteiger partial charge in [0.1, 0.15) is 12.4 Å². The van der Waals surface area contributed by atoms with Gasteiger partial charge in [-0.25, -0.2) is 4.68 Å². The number of benzene rings is 2. The van der Waals surface area contributed by atoms with E-state index in [0.717, 1.165) is 16.1 Å². The van der Waals surface area contributed by atoms with Crippen LogP contribution in [0.25, 0.3) is 0 Å². The van der Waals surface area contributed by atoms with Gasteiger partial charge in [-0.05, 0) is 28.7 Å². The average molecular weight is 435 g/mol. The maximum Gasteiger partial charge on any atom is 0.245 e. The zero-order valence-electron chi connectivity index (χ0n) is 18.0. The number of nitrogens with zero attached hydrogens (tertiary/aromatic N) is 3. The molecular formula is C24H26N4O2S. The molecule has 1 aliphatic heterocycles. The van der Waals surface area contributed by atoms with Crippen molar-refractivity contribution < 1.29 is 9.59 Å². The van der Waals surface area contributed by atoms with Crippen molar-refractivity contribution in [2.75, 3.05) is 22.5 Å². The van der Waals surface area contributed by atoms with E-state index in [1.807, 2.05) is 24.3 Å². The van der Waals surface area contributed by atoms with Crippen LogP contribution in [0.2, 0.25) is 0 Å². The first-order valence-electron chi connectivity index (χ1n) is 10.2. The summed E-state index contributed by atoms with van der Waals surface area (Å²) in [6.45, 7) is 7.09. The smallest absolute Gasteiger partial charge is 0.245 e. The molecule has 0 aliphatic carbocycles. The Morgan fingerprint density at radius 3 is 2.58 bits per heavy atom. The second kappa shape index (κ2) is 8.59. The zero-order chi connectivity index (χ0) is 22.0. The Morgan fingerprint density at radius 1 is 1.10 bits per heavy atom. The first kappa shape index (κ1) is 21.2. The summed E-state index contributed by atoms with van der Waals surface area (Å²) in [6, 6.07) is 17.9. The molecule has 0 atom stereocenters. The van der Waals surface area contributed by atoms with Gasteiger partial charge in [0, 0.05) is 11.0 Å². The Hall–Kier alpha value is -3.06. The Bertz CT molecular complexity index is 1100. The van der Waals surface area contributed by atoms with Crippen LogP contribution in [-0.4, -0.2) is 33.9 Å². The van der Waals surface area contributed by atoms with Gasteiger partial charge < -0.3 is 10.2 Å². The molecule has 0 saturated carbocycles. The van der Waals surface area contributed by atoms with Crippen LogP contribution in [0.1, 0.15) is 31.9 Å². The second-order valence-electron chi connectivity index (χ2n) is 8.61. The van der Waals surface area contributed by atoms with E-state index in [0.29, 0.717) is 18.1 Å². The van der Waals surface area contributed by atoms with Crippen molar-refractivity contribution in [2.24, 2.45) is 0 Å². The highest BCUT2D eigenvalue weighted by molar-refractivity contribution is 8.00. The molecule has 1 aliphatic rings. The lowest BCUT2D eigenvalue weighted by Gasteiger charge is -2.28. The summed E-state index contributed by atoms with van der Waals surface area (Å²) in [5.41, 5.74) is 3.26. The van der Waals surface area contributed by atoms with Gasteiger partial charge >= 0.3 is 0 Å². The van der Waals surface area contributed by atoms with Crippen LogP contribution in [0, 0.1) is 0 Å². The molecule has 4 rings (SSSR count). The zero-order valence-corrected chi connectivity index (χ0v) is 18.8. The van der Waals surface area contributed by atoms with E-state index in [2.05, 4.69) is 55.5 Å². The lowest BCUT2D eigenvalue weighted by atomic mass is 9.87. The van der Waals surface area contributed by atoms with Crippen molar-refractivity contribution in [1.82, 2.24) is 9.78 Å². The number of hydrogen-bond donors (Lipinski definition) is 1. The fourth-order valence-electron chi connectivity index (χ4n) is 3.50. The van der Waals surface area contributed by atoms with Crippen LogP contribution >= 0.6 is 11.8 Å². The molecule has 1 N–H and O–H groups in total. The topological polar surface area (TPSA) is 67.2 Å². The number of thioether (sulfide) groups is 1. The molecule has 7 heteroatoms. The highest BCUT2D eigenvalue weighted by Crippen LogP contribution is 2.34. The summed E-state index contributed by atoms with van der Waals surface area (Å²) in [5, 5.41) is 7.26. The monoisotopic (exact) mass is 434 g/mol. The Kier molecular flexibility index (Phi) is 5.87. The van der Waals surface area contributed by atoms with Crippen molar-refractivity contribution in [2.45, 2.75) is 37.6 Å². The predicted molar refractivity (Wildman–Crippen MR) is 125 cm³/mol. The highest BCUT2D eigenvalue weighted by atomic mass is 32.2. The molecule has 0 spiro atoms. The SMILES string of the molecule is CC(C)(C)c1ccc(Cn2nccc2NC(=O)CN2C(=O)CSc3ccccc32)cc1. The quantitative estimate of drug-likeness (QED) is 0.650. The first-order valence-corrected chi connectivity index (χ1v) is 11.2. The van der Waals surface area contributed by atoms with Crippen LogP contribution in [0.3, 0.4) is 0 Å².